The van der Waals surface area contributed by atoms with Gasteiger partial charge in [0.15, 0.2) is 0 Å². The van der Waals surface area contributed by atoms with E-state index in [-0.39, 0.29) is 11.5 Å². The molecular formula is C16H22N2O3. The van der Waals surface area contributed by atoms with E-state index in [0.717, 1.165) is 32.4 Å². The molecule has 21 heavy (non-hydrogen) atoms. The molecular weight excluding hydrogens is 268 g/mol. The maximum atomic E-state index is 12.0. The second-order valence-corrected chi connectivity index (χ2v) is 5.60. The van der Waals surface area contributed by atoms with E-state index in [0.29, 0.717) is 23.6 Å². The Morgan fingerprint density at radius 1 is 1.43 bits per heavy atom. The molecule has 1 aliphatic heterocycles. The topological polar surface area (TPSA) is 78.4 Å². The van der Waals surface area contributed by atoms with Crippen molar-refractivity contribution >= 4 is 17.6 Å². The molecule has 0 radical (unpaired) electrons. The molecule has 2 rings (SSSR count). The smallest absolute Gasteiger partial charge is 0.338 e. The number of carbonyl (C=O) groups excluding carboxylic acids is 1. The van der Waals surface area contributed by atoms with Gasteiger partial charge in [-0.1, -0.05) is 12.1 Å². The third-order valence-electron chi connectivity index (χ3n) is 3.94. The van der Waals surface area contributed by atoms with Crippen molar-refractivity contribution in [3.05, 3.63) is 29.3 Å². The standard InChI is InChI=1S/C16H22N2O3/c1-11-4-2-6-13(15(11)16(20)21)18-14(19)8-7-12-5-3-9-17-10-12/h2,4,6,12,17H,3,5,7-10H2,1H3,(H,18,19)(H,20,21). The monoisotopic (exact) mass is 290 g/mol. The van der Waals surface area contributed by atoms with Crippen LogP contribution in [0.2, 0.25) is 0 Å². The zero-order valence-corrected chi connectivity index (χ0v) is 12.3. The highest BCUT2D eigenvalue weighted by molar-refractivity contribution is 6.01. The number of amides is 1. The Labute approximate surface area is 124 Å². The largest absolute Gasteiger partial charge is 0.478 e. The van der Waals surface area contributed by atoms with Crippen LogP contribution in [0, 0.1) is 12.8 Å². The van der Waals surface area contributed by atoms with E-state index in [1.165, 1.54) is 0 Å². The molecule has 1 heterocycles. The quantitative estimate of drug-likeness (QED) is 0.778. The first-order chi connectivity index (χ1) is 10.1. The van der Waals surface area contributed by atoms with Crippen molar-refractivity contribution in [3.8, 4) is 0 Å². The zero-order valence-electron chi connectivity index (χ0n) is 12.3. The lowest BCUT2D eigenvalue weighted by atomic mass is 9.94. The molecule has 5 heteroatoms. The molecule has 0 bridgehead atoms. The predicted octanol–water partition coefficient (Wildman–Crippen LogP) is 2.41. The highest BCUT2D eigenvalue weighted by Gasteiger charge is 2.17. The number of anilines is 1. The van der Waals surface area contributed by atoms with Gasteiger partial charge in [-0.05, 0) is 56.8 Å². The third-order valence-corrected chi connectivity index (χ3v) is 3.94. The van der Waals surface area contributed by atoms with Crippen molar-refractivity contribution in [2.24, 2.45) is 5.92 Å². The number of aromatic carboxylic acids is 1. The Balaban J connectivity index is 1.93. The average molecular weight is 290 g/mol. The fraction of sp³-hybridized carbons (Fsp3) is 0.500. The lowest BCUT2D eigenvalue weighted by Crippen LogP contribution is -2.30. The van der Waals surface area contributed by atoms with Crippen molar-refractivity contribution in [2.75, 3.05) is 18.4 Å². The minimum absolute atomic E-state index is 0.117. The molecule has 1 aromatic rings. The van der Waals surface area contributed by atoms with Crippen LogP contribution < -0.4 is 10.6 Å². The fourth-order valence-electron chi connectivity index (χ4n) is 2.77. The maximum absolute atomic E-state index is 12.0. The molecule has 0 aromatic heterocycles. The van der Waals surface area contributed by atoms with Crippen molar-refractivity contribution in [3.63, 3.8) is 0 Å². The average Bonchev–Trinajstić information content (AvgIpc) is 2.46. The lowest BCUT2D eigenvalue weighted by Gasteiger charge is -2.22. The number of nitrogens with one attached hydrogen (secondary N) is 2. The molecule has 1 amide bonds. The van der Waals surface area contributed by atoms with Gasteiger partial charge in [-0.25, -0.2) is 4.79 Å². The number of benzene rings is 1. The van der Waals surface area contributed by atoms with Gasteiger partial charge in [0.2, 0.25) is 5.91 Å². The van der Waals surface area contributed by atoms with Crippen molar-refractivity contribution in [1.29, 1.82) is 0 Å². The summed E-state index contributed by atoms with van der Waals surface area (Å²) >= 11 is 0. The van der Waals surface area contributed by atoms with E-state index in [4.69, 9.17) is 0 Å². The molecule has 3 N–H and O–H groups in total. The van der Waals surface area contributed by atoms with Crippen LogP contribution in [0.3, 0.4) is 0 Å². The zero-order chi connectivity index (χ0) is 15.2. The number of rotatable bonds is 5. The number of carboxylic acids is 1. The van der Waals surface area contributed by atoms with Crippen LogP contribution in [0.1, 0.15) is 41.6 Å². The first kappa shape index (κ1) is 15.5. The van der Waals surface area contributed by atoms with Crippen molar-refractivity contribution in [1.82, 2.24) is 5.32 Å². The summed E-state index contributed by atoms with van der Waals surface area (Å²) in [5, 5.41) is 15.3. The summed E-state index contributed by atoms with van der Waals surface area (Å²) in [6.45, 7) is 3.76. The van der Waals surface area contributed by atoms with Gasteiger partial charge in [-0.15, -0.1) is 0 Å². The van der Waals surface area contributed by atoms with E-state index in [9.17, 15) is 14.7 Å². The van der Waals surface area contributed by atoms with Gasteiger partial charge in [-0.3, -0.25) is 4.79 Å². The molecule has 1 atom stereocenters. The summed E-state index contributed by atoms with van der Waals surface area (Å²) in [5.74, 6) is -0.588. The van der Waals surface area contributed by atoms with Gasteiger partial charge in [0.1, 0.15) is 0 Å². The van der Waals surface area contributed by atoms with Crippen LogP contribution in [-0.4, -0.2) is 30.1 Å². The molecule has 1 unspecified atom stereocenters. The first-order valence-electron chi connectivity index (χ1n) is 7.41. The van der Waals surface area contributed by atoms with Crippen LogP contribution in [0.25, 0.3) is 0 Å². The van der Waals surface area contributed by atoms with Gasteiger partial charge in [-0.2, -0.15) is 0 Å². The Bertz CT molecular complexity index is 522. The molecule has 1 saturated heterocycles. The Kier molecular flexibility index (Phi) is 5.33. The van der Waals surface area contributed by atoms with E-state index < -0.39 is 5.97 Å². The van der Waals surface area contributed by atoms with Crippen LogP contribution in [0.4, 0.5) is 5.69 Å². The Hall–Kier alpha value is -1.88. The van der Waals surface area contributed by atoms with Crippen molar-refractivity contribution < 1.29 is 14.7 Å². The minimum atomic E-state index is -1.01. The summed E-state index contributed by atoms with van der Waals surface area (Å²) in [6, 6.07) is 5.12. The van der Waals surface area contributed by atoms with Crippen molar-refractivity contribution in [2.45, 2.75) is 32.6 Å². The molecule has 1 fully saturated rings. The maximum Gasteiger partial charge on any atom is 0.338 e. The van der Waals surface area contributed by atoms with Gasteiger partial charge in [0.25, 0.3) is 0 Å². The summed E-state index contributed by atoms with van der Waals surface area (Å²) in [7, 11) is 0. The highest BCUT2D eigenvalue weighted by Crippen LogP contribution is 2.21. The number of carboxylic acid groups (broad SMARTS) is 1. The Morgan fingerprint density at radius 2 is 2.24 bits per heavy atom. The number of carbonyl (C=O) groups is 2. The van der Waals surface area contributed by atoms with Crippen LogP contribution in [-0.2, 0) is 4.79 Å². The van der Waals surface area contributed by atoms with E-state index in [1.807, 2.05) is 0 Å². The van der Waals surface area contributed by atoms with Gasteiger partial charge in [0, 0.05) is 6.42 Å². The molecule has 1 aliphatic rings. The van der Waals surface area contributed by atoms with Gasteiger partial charge < -0.3 is 15.7 Å². The summed E-state index contributed by atoms with van der Waals surface area (Å²) in [5.41, 5.74) is 1.20. The normalized spacial score (nSPS) is 18.2. The number of aryl methyl sites for hydroxylation is 1. The predicted molar refractivity (Wildman–Crippen MR) is 81.6 cm³/mol. The minimum Gasteiger partial charge on any atom is -0.478 e. The molecule has 5 nitrogen and oxygen atoms in total. The highest BCUT2D eigenvalue weighted by atomic mass is 16.4. The third kappa shape index (κ3) is 4.29. The second kappa shape index (κ2) is 7.22. The Morgan fingerprint density at radius 3 is 2.90 bits per heavy atom. The molecule has 114 valence electrons. The van der Waals surface area contributed by atoms with Crippen LogP contribution >= 0.6 is 0 Å². The second-order valence-electron chi connectivity index (χ2n) is 5.60. The van der Waals surface area contributed by atoms with Gasteiger partial charge >= 0.3 is 5.97 Å². The van der Waals surface area contributed by atoms with Crippen LogP contribution in [0.5, 0.6) is 0 Å². The SMILES string of the molecule is Cc1cccc(NC(=O)CCC2CCCNC2)c1C(=O)O. The molecule has 1 aromatic carbocycles. The molecule has 0 saturated carbocycles. The van der Waals surface area contributed by atoms with E-state index in [2.05, 4.69) is 10.6 Å². The summed E-state index contributed by atoms with van der Waals surface area (Å²) < 4.78 is 0. The fourth-order valence-corrected chi connectivity index (χ4v) is 2.77. The van der Waals surface area contributed by atoms with E-state index in [1.54, 1.807) is 25.1 Å². The molecule has 0 aliphatic carbocycles. The first-order valence-corrected chi connectivity index (χ1v) is 7.41. The number of hydrogen-bond donors (Lipinski definition) is 3. The lowest BCUT2D eigenvalue weighted by molar-refractivity contribution is -0.116. The summed E-state index contributed by atoms with van der Waals surface area (Å²) in [4.78, 5) is 23.3. The van der Waals surface area contributed by atoms with E-state index >= 15 is 0 Å². The number of piperidine rings is 1. The number of hydrogen-bond acceptors (Lipinski definition) is 3. The summed E-state index contributed by atoms with van der Waals surface area (Å²) in [6.07, 6.45) is 3.59. The molecule has 0 spiro atoms. The van der Waals surface area contributed by atoms with Gasteiger partial charge in [0.05, 0.1) is 11.3 Å². The van der Waals surface area contributed by atoms with Crippen LogP contribution in [0.15, 0.2) is 18.2 Å².